The van der Waals surface area contributed by atoms with E-state index in [1.807, 2.05) is 0 Å². The lowest BCUT2D eigenvalue weighted by molar-refractivity contribution is 1.00. The molecule has 28 heavy (non-hydrogen) atoms. The van der Waals surface area contributed by atoms with Crippen molar-refractivity contribution in [1.29, 1.82) is 0 Å². The topological polar surface area (TPSA) is 20.7 Å². The van der Waals surface area contributed by atoms with Gasteiger partial charge >= 0.3 is 0 Å². The van der Waals surface area contributed by atoms with Crippen LogP contribution in [0.1, 0.15) is 11.1 Å². The Labute approximate surface area is 163 Å². The smallest absolute Gasteiger partial charge is 0.0524 e. The van der Waals surface area contributed by atoms with E-state index in [1.54, 1.807) is 0 Å². The van der Waals surface area contributed by atoms with E-state index in [9.17, 15) is 0 Å². The van der Waals surface area contributed by atoms with Crippen LogP contribution in [0.25, 0.3) is 43.6 Å². The molecule has 2 heterocycles. The van der Waals surface area contributed by atoms with Crippen LogP contribution in [0.3, 0.4) is 0 Å². The van der Waals surface area contributed by atoms with E-state index in [4.69, 9.17) is 0 Å². The molecule has 0 amide bonds. The number of hydrogen-bond donors (Lipinski definition) is 1. The van der Waals surface area contributed by atoms with Gasteiger partial charge < -0.3 is 9.55 Å². The van der Waals surface area contributed by atoms with Crippen molar-refractivity contribution in [3.05, 3.63) is 96.1 Å². The molecule has 6 rings (SSSR count). The number of aromatic amines is 1. The van der Waals surface area contributed by atoms with Gasteiger partial charge in [0, 0.05) is 51.6 Å². The second-order valence-electron chi connectivity index (χ2n) is 7.58. The quantitative estimate of drug-likeness (QED) is 0.361. The number of aryl methyl sites for hydroxylation is 1. The summed E-state index contributed by atoms with van der Waals surface area (Å²) in [4.78, 5) is 3.57. The summed E-state index contributed by atoms with van der Waals surface area (Å²) in [6, 6.07) is 30.6. The van der Waals surface area contributed by atoms with Crippen molar-refractivity contribution >= 4 is 43.6 Å². The Hall–Kier alpha value is -3.52. The van der Waals surface area contributed by atoms with Crippen molar-refractivity contribution in [1.82, 2.24) is 9.55 Å². The third kappa shape index (κ3) is 2.09. The zero-order valence-electron chi connectivity index (χ0n) is 15.7. The molecule has 2 nitrogen and oxygen atoms in total. The number of nitrogens with one attached hydrogen (secondary N) is 1. The summed E-state index contributed by atoms with van der Waals surface area (Å²) in [5.41, 5.74) is 7.77. The molecule has 134 valence electrons. The first-order valence-electron chi connectivity index (χ1n) is 9.74. The minimum Gasteiger partial charge on any atom is -0.355 e. The number of benzene rings is 4. The van der Waals surface area contributed by atoms with Gasteiger partial charge in [0.2, 0.25) is 0 Å². The summed E-state index contributed by atoms with van der Waals surface area (Å²) in [5, 5.41) is 5.31. The lowest BCUT2D eigenvalue weighted by atomic mass is 9.98. The monoisotopic (exact) mass is 360 g/mol. The lowest BCUT2D eigenvalue weighted by Gasteiger charge is -2.09. The molecule has 0 aliphatic rings. The molecule has 0 atom stereocenters. The first-order valence-corrected chi connectivity index (χ1v) is 9.74. The second-order valence-corrected chi connectivity index (χ2v) is 7.58. The van der Waals surface area contributed by atoms with Crippen LogP contribution in [0.2, 0.25) is 0 Å². The Morgan fingerprint density at radius 1 is 0.643 bits per heavy atom. The molecule has 4 aromatic carbocycles. The maximum atomic E-state index is 3.57. The highest BCUT2D eigenvalue weighted by molar-refractivity contribution is 6.10. The second kappa shape index (κ2) is 5.74. The van der Waals surface area contributed by atoms with Crippen molar-refractivity contribution in [3.63, 3.8) is 0 Å². The minimum atomic E-state index is 0.917. The van der Waals surface area contributed by atoms with Crippen molar-refractivity contribution in [2.45, 2.75) is 6.42 Å². The first kappa shape index (κ1) is 15.5. The van der Waals surface area contributed by atoms with Crippen molar-refractivity contribution < 1.29 is 0 Å². The number of hydrogen-bond acceptors (Lipinski definition) is 0. The summed E-state index contributed by atoms with van der Waals surface area (Å²) in [5.74, 6) is 0. The predicted molar refractivity (Wildman–Crippen MR) is 119 cm³/mol. The molecule has 1 N–H and O–H groups in total. The zero-order chi connectivity index (χ0) is 18.7. The van der Waals surface area contributed by atoms with Crippen LogP contribution in [0, 0.1) is 0 Å². The number of H-pyrrole nitrogens is 1. The van der Waals surface area contributed by atoms with Crippen LogP contribution in [0.15, 0.2) is 84.9 Å². The zero-order valence-corrected chi connectivity index (χ0v) is 15.7. The van der Waals surface area contributed by atoms with Crippen molar-refractivity contribution in [3.8, 4) is 0 Å². The molecule has 0 spiro atoms. The Balaban J connectivity index is 1.62. The van der Waals surface area contributed by atoms with Gasteiger partial charge in [0.15, 0.2) is 0 Å². The number of nitrogens with zero attached hydrogens (tertiary/aromatic N) is 1. The maximum absolute atomic E-state index is 3.57. The Kier molecular flexibility index (Phi) is 3.18. The Morgan fingerprint density at radius 2 is 1.32 bits per heavy atom. The Bertz CT molecular complexity index is 1500. The van der Waals surface area contributed by atoms with Gasteiger partial charge in [0.25, 0.3) is 0 Å². The Morgan fingerprint density at radius 3 is 2.25 bits per heavy atom. The number of fused-ring (bicyclic) bond motifs is 6. The fourth-order valence-electron chi connectivity index (χ4n) is 4.79. The first-order chi connectivity index (χ1) is 13.8. The van der Waals surface area contributed by atoms with Gasteiger partial charge in [-0.1, -0.05) is 66.7 Å². The van der Waals surface area contributed by atoms with E-state index in [0.29, 0.717) is 0 Å². The van der Waals surface area contributed by atoms with Crippen molar-refractivity contribution in [2.75, 3.05) is 0 Å². The predicted octanol–water partition coefficient (Wildman–Crippen LogP) is 6.56. The average molecular weight is 360 g/mol. The van der Waals surface area contributed by atoms with Crippen LogP contribution < -0.4 is 0 Å². The minimum absolute atomic E-state index is 0.917. The summed E-state index contributed by atoms with van der Waals surface area (Å²) in [6.45, 7) is 0. The lowest BCUT2D eigenvalue weighted by Crippen LogP contribution is -1.95. The summed E-state index contributed by atoms with van der Waals surface area (Å²) in [6.07, 6.45) is 0.917. The highest BCUT2D eigenvalue weighted by Gasteiger charge is 2.14. The largest absolute Gasteiger partial charge is 0.355 e. The number of rotatable bonds is 2. The van der Waals surface area contributed by atoms with Gasteiger partial charge in [-0.3, -0.25) is 0 Å². The number of para-hydroxylation sites is 3. The van der Waals surface area contributed by atoms with Crippen LogP contribution in [-0.4, -0.2) is 9.55 Å². The normalized spacial score (nSPS) is 11.9. The molecule has 0 aliphatic heterocycles. The summed E-state index contributed by atoms with van der Waals surface area (Å²) >= 11 is 0. The van der Waals surface area contributed by atoms with E-state index >= 15 is 0 Å². The average Bonchev–Trinajstić information content (AvgIpc) is 3.26. The molecule has 0 saturated carbocycles. The van der Waals surface area contributed by atoms with E-state index in [0.717, 1.165) is 6.42 Å². The highest BCUT2D eigenvalue weighted by Crippen LogP contribution is 2.34. The van der Waals surface area contributed by atoms with Gasteiger partial charge in [-0.25, -0.2) is 0 Å². The SMILES string of the molecule is Cn1c2ccccc2c2cccc(Cc3cccc4[nH]c5ccccc5c34)c21. The van der Waals surface area contributed by atoms with Crippen molar-refractivity contribution in [2.24, 2.45) is 7.05 Å². The third-order valence-corrected chi connectivity index (χ3v) is 6.01. The van der Waals surface area contributed by atoms with Crippen LogP contribution >= 0.6 is 0 Å². The van der Waals surface area contributed by atoms with E-state index < -0.39 is 0 Å². The molecular formula is C26H20N2. The summed E-state index contributed by atoms with van der Waals surface area (Å²) < 4.78 is 2.34. The van der Waals surface area contributed by atoms with Gasteiger partial charge in [-0.05, 0) is 29.3 Å². The molecule has 2 aromatic heterocycles. The molecule has 0 saturated heterocycles. The summed E-state index contributed by atoms with van der Waals surface area (Å²) in [7, 11) is 2.18. The van der Waals surface area contributed by atoms with Gasteiger partial charge in [0.1, 0.15) is 0 Å². The maximum Gasteiger partial charge on any atom is 0.0524 e. The van der Waals surface area contributed by atoms with Crippen LogP contribution in [0.5, 0.6) is 0 Å². The fourth-order valence-corrected chi connectivity index (χ4v) is 4.79. The third-order valence-electron chi connectivity index (χ3n) is 6.01. The van der Waals surface area contributed by atoms with E-state index in [2.05, 4.69) is 102 Å². The fraction of sp³-hybridized carbons (Fsp3) is 0.0769. The van der Waals surface area contributed by atoms with Gasteiger partial charge in [-0.15, -0.1) is 0 Å². The van der Waals surface area contributed by atoms with Gasteiger partial charge in [0.05, 0.1) is 5.52 Å². The molecular weight excluding hydrogens is 340 g/mol. The standard InChI is InChI=1S/C26H20N2/c1-28-24-15-5-3-10-19(24)20-12-6-9-18(26(20)28)16-17-8-7-14-23-25(17)21-11-2-4-13-22(21)27-23/h2-15,27H,16H2,1H3. The molecule has 0 fully saturated rings. The molecule has 2 heteroatoms. The molecule has 0 radical (unpaired) electrons. The van der Waals surface area contributed by atoms with E-state index in [-0.39, 0.29) is 0 Å². The highest BCUT2D eigenvalue weighted by atomic mass is 14.9. The van der Waals surface area contributed by atoms with Crippen LogP contribution in [-0.2, 0) is 13.5 Å². The molecule has 0 unspecified atom stereocenters. The molecule has 0 bridgehead atoms. The number of aromatic nitrogens is 2. The van der Waals surface area contributed by atoms with E-state index in [1.165, 1.54) is 54.7 Å². The van der Waals surface area contributed by atoms with Crippen LogP contribution in [0.4, 0.5) is 0 Å². The van der Waals surface area contributed by atoms with Gasteiger partial charge in [-0.2, -0.15) is 0 Å². The molecule has 6 aromatic rings. The molecule has 0 aliphatic carbocycles.